The molecule has 5 nitrogen and oxygen atoms in total. The smallest absolute Gasteiger partial charge is 0.225 e. The minimum Gasteiger partial charge on any atom is -0.378 e. The van der Waals surface area contributed by atoms with Gasteiger partial charge in [0.25, 0.3) is 0 Å². The molecule has 0 aromatic carbocycles. The van der Waals surface area contributed by atoms with Crippen LogP contribution in [0.25, 0.3) is 0 Å². The zero-order valence-corrected chi connectivity index (χ0v) is 9.81. The summed E-state index contributed by atoms with van der Waals surface area (Å²) in [5.74, 6) is 0.762. The highest BCUT2D eigenvalue weighted by Gasteiger charge is 2.16. The van der Waals surface area contributed by atoms with Gasteiger partial charge in [-0.1, -0.05) is 0 Å². The van der Waals surface area contributed by atoms with E-state index in [0.29, 0.717) is 6.04 Å². The minimum absolute atomic E-state index is 0.364. The molecule has 2 rings (SSSR count). The van der Waals surface area contributed by atoms with Crippen molar-refractivity contribution in [3.05, 3.63) is 18.0 Å². The van der Waals surface area contributed by atoms with Crippen LogP contribution < -0.4 is 10.2 Å². The van der Waals surface area contributed by atoms with E-state index in [2.05, 4.69) is 15.3 Å². The van der Waals surface area contributed by atoms with Crippen molar-refractivity contribution in [1.29, 1.82) is 0 Å². The Morgan fingerprint density at radius 3 is 2.88 bits per heavy atom. The first-order valence-electron chi connectivity index (χ1n) is 5.56. The second kappa shape index (κ2) is 5.23. The number of aromatic nitrogens is 2. The fourth-order valence-corrected chi connectivity index (χ4v) is 1.73. The number of aryl methyl sites for hydroxylation is 1. The van der Waals surface area contributed by atoms with Gasteiger partial charge in [-0.2, -0.15) is 0 Å². The van der Waals surface area contributed by atoms with Gasteiger partial charge in [-0.15, -0.1) is 0 Å². The Balaban J connectivity index is 1.91. The zero-order chi connectivity index (χ0) is 11.4. The molecule has 1 aliphatic heterocycles. The van der Waals surface area contributed by atoms with E-state index in [1.165, 1.54) is 0 Å². The van der Waals surface area contributed by atoms with Crippen molar-refractivity contribution in [3.63, 3.8) is 0 Å². The van der Waals surface area contributed by atoms with Crippen molar-refractivity contribution >= 4 is 5.95 Å². The normalized spacial score (nSPS) is 20.8. The lowest BCUT2D eigenvalue weighted by atomic mass is 10.2. The lowest BCUT2D eigenvalue weighted by molar-refractivity contribution is 0.0790. The number of morpholine rings is 1. The highest BCUT2D eigenvalue weighted by atomic mass is 16.5. The van der Waals surface area contributed by atoms with Crippen LogP contribution >= 0.6 is 0 Å². The third kappa shape index (κ3) is 2.90. The Hall–Kier alpha value is -1.20. The van der Waals surface area contributed by atoms with E-state index < -0.39 is 0 Å². The number of nitrogens with one attached hydrogen (secondary N) is 1. The molecule has 0 spiro atoms. The van der Waals surface area contributed by atoms with E-state index in [1.807, 2.05) is 31.3 Å². The van der Waals surface area contributed by atoms with Crippen LogP contribution in [0.3, 0.4) is 0 Å². The van der Waals surface area contributed by atoms with Gasteiger partial charge in [0, 0.05) is 38.6 Å². The van der Waals surface area contributed by atoms with Gasteiger partial charge < -0.3 is 15.0 Å². The summed E-state index contributed by atoms with van der Waals surface area (Å²) in [5, 5.41) is 3.41. The van der Waals surface area contributed by atoms with E-state index in [0.717, 1.165) is 37.8 Å². The Morgan fingerprint density at radius 1 is 1.50 bits per heavy atom. The average molecular weight is 222 g/mol. The molecule has 2 heterocycles. The van der Waals surface area contributed by atoms with E-state index in [4.69, 9.17) is 4.74 Å². The van der Waals surface area contributed by atoms with Crippen LogP contribution in [0.15, 0.2) is 12.4 Å². The highest BCUT2D eigenvalue weighted by Crippen LogP contribution is 2.06. The molecule has 1 saturated heterocycles. The molecule has 1 unspecified atom stereocenters. The van der Waals surface area contributed by atoms with Gasteiger partial charge in [0.2, 0.25) is 5.95 Å². The largest absolute Gasteiger partial charge is 0.378 e. The van der Waals surface area contributed by atoms with Gasteiger partial charge in [-0.3, -0.25) is 0 Å². The predicted molar refractivity (Wildman–Crippen MR) is 62.6 cm³/mol. The summed E-state index contributed by atoms with van der Waals surface area (Å²) in [5.41, 5.74) is 1.08. The Labute approximate surface area is 95.8 Å². The quantitative estimate of drug-likeness (QED) is 0.792. The maximum Gasteiger partial charge on any atom is 0.225 e. The molecule has 1 aromatic heterocycles. The van der Waals surface area contributed by atoms with Crippen LogP contribution in [0, 0.1) is 6.92 Å². The topological polar surface area (TPSA) is 50.3 Å². The van der Waals surface area contributed by atoms with Gasteiger partial charge in [0.15, 0.2) is 0 Å². The highest BCUT2D eigenvalue weighted by molar-refractivity contribution is 5.28. The van der Waals surface area contributed by atoms with Crippen LogP contribution in [-0.2, 0) is 4.74 Å². The summed E-state index contributed by atoms with van der Waals surface area (Å²) < 4.78 is 5.41. The fourth-order valence-electron chi connectivity index (χ4n) is 1.73. The van der Waals surface area contributed by atoms with E-state index in [1.54, 1.807) is 0 Å². The average Bonchev–Trinajstić information content (AvgIpc) is 2.31. The molecule has 1 fully saturated rings. The SMILES string of the molecule is Cc1cnc(N(C)CC2COCCN2)nc1. The third-order valence-electron chi connectivity index (χ3n) is 2.60. The zero-order valence-electron chi connectivity index (χ0n) is 9.81. The molecule has 1 N–H and O–H groups in total. The Bertz CT molecular complexity index is 321. The number of rotatable bonds is 3. The van der Waals surface area contributed by atoms with Crippen molar-refractivity contribution in [2.45, 2.75) is 13.0 Å². The van der Waals surface area contributed by atoms with Crippen LogP contribution in [0.5, 0.6) is 0 Å². The third-order valence-corrected chi connectivity index (χ3v) is 2.60. The van der Waals surface area contributed by atoms with Gasteiger partial charge in [0.1, 0.15) is 0 Å². The van der Waals surface area contributed by atoms with Crippen molar-refractivity contribution < 1.29 is 4.74 Å². The molecule has 0 aliphatic carbocycles. The molecule has 5 heteroatoms. The van der Waals surface area contributed by atoms with Crippen molar-refractivity contribution in [1.82, 2.24) is 15.3 Å². The minimum atomic E-state index is 0.364. The molecule has 0 amide bonds. The van der Waals surface area contributed by atoms with Crippen LogP contribution in [0.1, 0.15) is 5.56 Å². The Kier molecular flexibility index (Phi) is 3.69. The second-order valence-electron chi connectivity index (χ2n) is 4.17. The maximum atomic E-state index is 5.41. The lowest BCUT2D eigenvalue weighted by Crippen LogP contribution is -2.48. The number of nitrogens with zero attached hydrogens (tertiary/aromatic N) is 3. The monoisotopic (exact) mass is 222 g/mol. The molecule has 1 aromatic rings. The maximum absolute atomic E-state index is 5.41. The lowest BCUT2D eigenvalue weighted by Gasteiger charge is -2.28. The standard InChI is InChI=1S/C11H18N4O/c1-9-5-13-11(14-6-9)15(2)7-10-8-16-4-3-12-10/h5-6,10,12H,3-4,7-8H2,1-2H3. The van der Waals surface area contributed by atoms with Gasteiger partial charge in [-0.25, -0.2) is 9.97 Å². The predicted octanol–water partition coefficient (Wildman–Crippen LogP) is 0.210. The molecule has 0 saturated carbocycles. The summed E-state index contributed by atoms with van der Waals surface area (Å²) in [4.78, 5) is 10.6. The number of likely N-dealkylation sites (N-methyl/N-ethyl adjacent to an activating group) is 1. The van der Waals surface area contributed by atoms with Crippen LogP contribution in [0.2, 0.25) is 0 Å². The van der Waals surface area contributed by atoms with Crippen molar-refractivity contribution in [3.8, 4) is 0 Å². The number of hydrogen-bond donors (Lipinski definition) is 1. The van der Waals surface area contributed by atoms with Crippen LogP contribution in [0.4, 0.5) is 5.95 Å². The van der Waals surface area contributed by atoms with E-state index in [-0.39, 0.29) is 0 Å². The molecular formula is C11H18N4O. The molecule has 88 valence electrons. The van der Waals surface area contributed by atoms with Crippen LogP contribution in [-0.4, -0.2) is 49.4 Å². The fraction of sp³-hybridized carbons (Fsp3) is 0.636. The molecule has 1 aliphatic rings. The van der Waals surface area contributed by atoms with Gasteiger partial charge in [-0.05, 0) is 12.5 Å². The first kappa shape index (κ1) is 11.3. The number of anilines is 1. The van der Waals surface area contributed by atoms with Crippen molar-refractivity contribution in [2.24, 2.45) is 0 Å². The first-order valence-corrected chi connectivity index (χ1v) is 5.56. The Morgan fingerprint density at radius 2 is 2.25 bits per heavy atom. The summed E-state index contributed by atoms with van der Waals surface area (Å²) in [7, 11) is 2.00. The second-order valence-corrected chi connectivity index (χ2v) is 4.17. The first-order chi connectivity index (χ1) is 7.75. The number of hydrogen-bond acceptors (Lipinski definition) is 5. The number of ether oxygens (including phenoxy) is 1. The summed E-state index contributed by atoms with van der Waals surface area (Å²) in [6, 6.07) is 0.364. The summed E-state index contributed by atoms with van der Waals surface area (Å²) in [6.07, 6.45) is 3.67. The summed E-state index contributed by atoms with van der Waals surface area (Å²) >= 11 is 0. The molecule has 0 radical (unpaired) electrons. The van der Waals surface area contributed by atoms with Crippen molar-refractivity contribution in [2.75, 3.05) is 38.3 Å². The van der Waals surface area contributed by atoms with E-state index >= 15 is 0 Å². The van der Waals surface area contributed by atoms with Gasteiger partial charge in [0.05, 0.1) is 13.2 Å². The van der Waals surface area contributed by atoms with E-state index in [9.17, 15) is 0 Å². The molecule has 0 bridgehead atoms. The summed E-state index contributed by atoms with van der Waals surface area (Å²) in [6.45, 7) is 5.34. The van der Waals surface area contributed by atoms with Gasteiger partial charge >= 0.3 is 0 Å². The molecule has 16 heavy (non-hydrogen) atoms. The molecular weight excluding hydrogens is 204 g/mol. The molecule has 1 atom stereocenters.